The Morgan fingerprint density at radius 3 is 2.59 bits per heavy atom. The van der Waals surface area contributed by atoms with E-state index in [9.17, 15) is 23.3 Å². The molecule has 0 fully saturated rings. The van der Waals surface area contributed by atoms with Gasteiger partial charge in [-0.1, -0.05) is 6.92 Å². The van der Waals surface area contributed by atoms with Crippen LogP contribution in [-0.2, 0) is 12.7 Å². The predicted octanol–water partition coefficient (Wildman–Crippen LogP) is 4.74. The van der Waals surface area contributed by atoms with Crippen molar-refractivity contribution >= 4 is 43.1 Å². The van der Waals surface area contributed by atoms with Crippen molar-refractivity contribution < 1.29 is 18.1 Å². The van der Waals surface area contributed by atoms with Crippen LogP contribution in [0.3, 0.4) is 0 Å². The van der Waals surface area contributed by atoms with Crippen LogP contribution in [0.25, 0.3) is 26.1 Å². The molecule has 0 aliphatic rings. The van der Waals surface area contributed by atoms with Crippen LogP contribution >= 0.6 is 11.3 Å². The fourth-order valence-electron chi connectivity index (χ4n) is 4.05. The highest BCUT2D eigenvalue weighted by Gasteiger charge is 2.34. The molecule has 5 heterocycles. The molecule has 5 aromatic heterocycles. The summed E-state index contributed by atoms with van der Waals surface area (Å²) < 4.78 is 43.3. The van der Waals surface area contributed by atoms with E-state index in [1.165, 1.54) is 10.8 Å². The van der Waals surface area contributed by atoms with Gasteiger partial charge in [0.15, 0.2) is 11.5 Å². The standard InChI is InChI=1S/C20H17F3N8O2S/c1-8-5-12(20(21,22)23)25-19-13(8)14-16(34-19)18-26-17(28-30(18)7-24-14)9(2)6-29-11(4)15(31(32)33)10(3)27-29/h5,7,9H,6H2,1-4H3. The molecule has 10 nitrogen and oxygen atoms in total. The number of nitrogens with zero attached hydrogens (tertiary/aromatic N) is 8. The molecule has 0 saturated carbocycles. The molecule has 0 amide bonds. The van der Waals surface area contributed by atoms with Crippen LogP contribution in [0.2, 0.25) is 0 Å². The molecule has 0 spiro atoms. The number of nitro groups is 1. The van der Waals surface area contributed by atoms with E-state index in [-0.39, 0.29) is 16.4 Å². The lowest BCUT2D eigenvalue weighted by Crippen LogP contribution is -2.11. The topological polar surface area (TPSA) is 117 Å². The molecule has 1 unspecified atom stereocenters. The van der Waals surface area contributed by atoms with E-state index in [4.69, 9.17) is 0 Å². The quantitative estimate of drug-likeness (QED) is 0.264. The first kappa shape index (κ1) is 22.1. The minimum atomic E-state index is -4.55. The van der Waals surface area contributed by atoms with Crippen LogP contribution in [0.1, 0.15) is 41.3 Å². The number of pyridine rings is 1. The van der Waals surface area contributed by atoms with Gasteiger partial charge < -0.3 is 0 Å². The van der Waals surface area contributed by atoms with E-state index in [1.54, 1.807) is 25.5 Å². The van der Waals surface area contributed by atoms with Crippen LogP contribution < -0.4 is 0 Å². The molecule has 5 aromatic rings. The summed E-state index contributed by atoms with van der Waals surface area (Å²) in [6.45, 7) is 7.00. The van der Waals surface area contributed by atoms with Crippen LogP contribution in [0.4, 0.5) is 18.9 Å². The van der Waals surface area contributed by atoms with Crippen molar-refractivity contribution in [3.63, 3.8) is 0 Å². The third kappa shape index (κ3) is 3.36. The number of aryl methyl sites for hydroxylation is 2. The molecule has 1 atom stereocenters. The first-order valence-electron chi connectivity index (χ1n) is 10.2. The monoisotopic (exact) mass is 490 g/mol. The van der Waals surface area contributed by atoms with Crippen LogP contribution in [0.5, 0.6) is 0 Å². The number of hydrogen-bond donors (Lipinski definition) is 0. The SMILES string of the molecule is Cc1nn(CC(C)c2nc3c4sc5nc(C(F)(F)F)cc(C)c5c4ncn3n2)c(C)c1[N+](=O)[O-]. The van der Waals surface area contributed by atoms with Gasteiger partial charge in [-0.2, -0.15) is 18.3 Å². The van der Waals surface area contributed by atoms with Gasteiger partial charge in [-0.15, -0.1) is 16.4 Å². The Kier molecular flexibility index (Phi) is 4.83. The summed E-state index contributed by atoms with van der Waals surface area (Å²) in [5.41, 5.74) is 1.21. The highest BCUT2D eigenvalue weighted by molar-refractivity contribution is 7.26. The number of fused-ring (bicyclic) bond motifs is 5. The zero-order chi connectivity index (χ0) is 24.5. The van der Waals surface area contributed by atoms with Crippen molar-refractivity contribution in [2.75, 3.05) is 0 Å². The normalized spacial score (nSPS) is 13.4. The van der Waals surface area contributed by atoms with Gasteiger partial charge in [0.05, 0.1) is 17.0 Å². The van der Waals surface area contributed by atoms with Crippen LogP contribution in [-0.4, -0.2) is 39.3 Å². The van der Waals surface area contributed by atoms with Gasteiger partial charge >= 0.3 is 11.9 Å². The highest BCUT2D eigenvalue weighted by atomic mass is 32.1. The largest absolute Gasteiger partial charge is 0.433 e. The average molecular weight is 490 g/mol. The van der Waals surface area contributed by atoms with Crippen LogP contribution in [0.15, 0.2) is 12.4 Å². The van der Waals surface area contributed by atoms with Gasteiger partial charge in [-0.05, 0) is 32.4 Å². The maximum Gasteiger partial charge on any atom is 0.433 e. The molecule has 0 saturated heterocycles. The molecule has 34 heavy (non-hydrogen) atoms. The first-order chi connectivity index (χ1) is 16.0. The number of aromatic nitrogens is 7. The highest BCUT2D eigenvalue weighted by Crippen LogP contribution is 2.38. The summed E-state index contributed by atoms with van der Waals surface area (Å²) in [5.74, 6) is 0.209. The molecule has 0 N–H and O–H groups in total. The second kappa shape index (κ2) is 7.41. The van der Waals surface area contributed by atoms with Crippen molar-refractivity contribution in [3.05, 3.63) is 51.0 Å². The Balaban J connectivity index is 1.59. The van der Waals surface area contributed by atoms with E-state index >= 15 is 0 Å². The molecule has 176 valence electrons. The number of rotatable bonds is 4. The Bertz CT molecular complexity index is 1620. The summed E-state index contributed by atoms with van der Waals surface area (Å²) in [6, 6.07) is 1.02. The molecular weight excluding hydrogens is 473 g/mol. The molecule has 0 radical (unpaired) electrons. The smallest absolute Gasteiger partial charge is 0.262 e. The Morgan fingerprint density at radius 2 is 1.94 bits per heavy atom. The zero-order valence-corrected chi connectivity index (χ0v) is 19.2. The second-order valence-corrected chi connectivity index (χ2v) is 9.12. The molecule has 0 bridgehead atoms. The number of halogens is 3. The molecule has 14 heteroatoms. The van der Waals surface area contributed by atoms with E-state index in [2.05, 4.69) is 25.1 Å². The van der Waals surface area contributed by atoms with Crippen molar-refractivity contribution in [2.45, 2.75) is 46.3 Å². The molecule has 0 aliphatic heterocycles. The maximum atomic E-state index is 13.2. The second-order valence-electron chi connectivity index (χ2n) is 8.12. The minimum absolute atomic E-state index is 0.0209. The van der Waals surface area contributed by atoms with E-state index in [0.29, 0.717) is 50.6 Å². The Morgan fingerprint density at radius 1 is 1.21 bits per heavy atom. The van der Waals surface area contributed by atoms with Crippen LogP contribution in [0, 0.1) is 30.9 Å². The van der Waals surface area contributed by atoms with E-state index < -0.39 is 16.8 Å². The summed E-state index contributed by atoms with van der Waals surface area (Å²) in [7, 11) is 0. The summed E-state index contributed by atoms with van der Waals surface area (Å²) in [6.07, 6.45) is -3.08. The lowest BCUT2D eigenvalue weighted by Gasteiger charge is -2.08. The third-order valence-electron chi connectivity index (χ3n) is 5.68. The van der Waals surface area contributed by atoms with Gasteiger partial charge in [-0.25, -0.2) is 19.5 Å². The van der Waals surface area contributed by atoms with Crippen molar-refractivity contribution in [1.29, 1.82) is 0 Å². The fourth-order valence-corrected chi connectivity index (χ4v) is 5.23. The number of alkyl halides is 3. The van der Waals surface area contributed by atoms with Crippen molar-refractivity contribution in [3.8, 4) is 0 Å². The predicted molar refractivity (Wildman–Crippen MR) is 118 cm³/mol. The molecular formula is C20H17F3N8O2S. The van der Waals surface area contributed by atoms with Gasteiger partial charge in [0.2, 0.25) is 0 Å². The maximum absolute atomic E-state index is 13.2. The molecule has 0 aliphatic carbocycles. The van der Waals surface area contributed by atoms with Crippen molar-refractivity contribution in [1.82, 2.24) is 34.3 Å². The van der Waals surface area contributed by atoms with E-state index in [0.717, 1.165) is 17.4 Å². The molecule has 5 rings (SSSR count). The van der Waals surface area contributed by atoms with Crippen molar-refractivity contribution in [2.24, 2.45) is 0 Å². The third-order valence-corrected chi connectivity index (χ3v) is 6.75. The Labute approximate surface area is 193 Å². The summed E-state index contributed by atoms with van der Waals surface area (Å²) in [4.78, 5) is 23.9. The molecule has 0 aromatic carbocycles. The lowest BCUT2D eigenvalue weighted by molar-refractivity contribution is -0.386. The fraction of sp³-hybridized carbons (Fsp3) is 0.350. The van der Waals surface area contributed by atoms with Gasteiger partial charge in [0.25, 0.3) is 0 Å². The summed E-state index contributed by atoms with van der Waals surface area (Å²) in [5, 5.41) is 20.6. The van der Waals surface area contributed by atoms with Gasteiger partial charge in [0.1, 0.15) is 32.9 Å². The number of hydrogen-bond acceptors (Lipinski definition) is 8. The Hall–Kier alpha value is -3.68. The summed E-state index contributed by atoms with van der Waals surface area (Å²) >= 11 is 1.09. The number of thiophene rings is 1. The lowest BCUT2D eigenvalue weighted by atomic mass is 10.1. The van der Waals surface area contributed by atoms with E-state index in [1.807, 2.05) is 6.92 Å². The van der Waals surface area contributed by atoms with Gasteiger partial charge in [-0.3, -0.25) is 14.8 Å². The van der Waals surface area contributed by atoms with Gasteiger partial charge in [0, 0.05) is 11.3 Å². The zero-order valence-electron chi connectivity index (χ0n) is 18.4. The average Bonchev–Trinajstić information content (AvgIpc) is 3.40. The first-order valence-corrected chi connectivity index (χ1v) is 11.0. The minimum Gasteiger partial charge on any atom is -0.262 e.